The number of aliphatic hydroxyl groups is 4. The standard InChI is InChI=1S/C22H25NO12/c1-32-19-12(26)5-4-10(21(31)33-2)15(19)23-20(30)11-7-9(25)3-6-13(11)34-22-18(29)17(28)16(27)14(8-24)35-22/h3-7,14,16-18,22,24-29H,8H2,1-2H3,(H,23,30). The molecule has 2 aromatic rings. The topological polar surface area (TPSA) is 204 Å². The van der Waals surface area contributed by atoms with Gasteiger partial charge in [-0.25, -0.2) is 4.79 Å². The zero-order chi connectivity index (χ0) is 25.9. The molecule has 1 heterocycles. The number of amides is 1. The molecule has 1 aliphatic heterocycles. The summed E-state index contributed by atoms with van der Waals surface area (Å²) in [5.74, 6) is -2.97. The molecular formula is C22H25NO12. The normalized spacial score (nSPS) is 23.9. The number of carbonyl (C=O) groups is 2. The predicted molar refractivity (Wildman–Crippen MR) is 116 cm³/mol. The minimum Gasteiger partial charge on any atom is -0.508 e. The molecule has 35 heavy (non-hydrogen) atoms. The van der Waals surface area contributed by atoms with E-state index in [1.54, 1.807) is 0 Å². The van der Waals surface area contributed by atoms with E-state index in [9.17, 15) is 40.2 Å². The minimum atomic E-state index is -1.75. The quantitative estimate of drug-likeness (QED) is 0.239. The second-order valence-electron chi connectivity index (χ2n) is 7.48. The summed E-state index contributed by atoms with van der Waals surface area (Å²) in [6.07, 6.45) is -7.96. The monoisotopic (exact) mass is 495 g/mol. The van der Waals surface area contributed by atoms with Gasteiger partial charge in [0.05, 0.1) is 32.0 Å². The molecule has 5 atom stereocenters. The first kappa shape index (κ1) is 26.0. The summed E-state index contributed by atoms with van der Waals surface area (Å²) >= 11 is 0. The number of hydrogen-bond acceptors (Lipinski definition) is 12. The maximum Gasteiger partial charge on any atom is 0.340 e. The number of hydrogen-bond donors (Lipinski definition) is 7. The van der Waals surface area contributed by atoms with Crippen LogP contribution in [0.1, 0.15) is 20.7 Å². The van der Waals surface area contributed by atoms with Crippen molar-refractivity contribution in [3.63, 3.8) is 0 Å². The van der Waals surface area contributed by atoms with E-state index in [1.807, 2.05) is 0 Å². The number of aromatic hydroxyl groups is 2. The number of methoxy groups -OCH3 is 2. The van der Waals surface area contributed by atoms with E-state index < -0.39 is 49.2 Å². The number of esters is 1. The van der Waals surface area contributed by atoms with Crippen LogP contribution in [-0.4, -0.2) is 94.0 Å². The first-order valence-electron chi connectivity index (χ1n) is 10.2. The molecule has 5 unspecified atom stereocenters. The van der Waals surface area contributed by atoms with Crippen molar-refractivity contribution in [1.82, 2.24) is 0 Å². The molecule has 0 aromatic heterocycles. The van der Waals surface area contributed by atoms with Gasteiger partial charge in [0, 0.05) is 0 Å². The summed E-state index contributed by atoms with van der Waals surface area (Å²) in [5.41, 5.74) is -0.679. The van der Waals surface area contributed by atoms with Crippen LogP contribution >= 0.6 is 0 Å². The average molecular weight is 495 g/mol. The van der Waals surface area contributed by atoms with Gasteiger partial charge in [-0.3, -0.25) is 4.79 Å². The maximum atomic E-state index is 13.2. The van der Waals surface area contributed by atoms with Crippen molar-refractivity contribution in [3.8, 4) is 23.0 Å². The van der Waals surface area contributed by atoms with Gasteiger partial charge in [-0.2, -0.15) is 0 Å². The van der Waals surface area contributed by atoms with Gasteiger partial charge < -0.3 is 54.9 Å². The fraction of sp³-hybridized carbons (Fsp3) is 0.364. The van der Waals surface area contributed by atoms with Crippen molar-refractivity contribution in [2.45, 2.75) is 30.7 Å². The molecule has 13 heteroatoms. The summed E-state index contributed by atoms with van der Waals surface area (Å²) in [4.78, 5) is 25.3. The largest absolute Gasteiger partial charge is 0.508 e. The van der Waals surface area contributed by atoms with Crippen molar-refractivity contribution >= 4 is 17.6 Å². The molecule has 3 rings (SSSR count). The second-order valence-corrected chi connectivity index (χ2v) is 7.48. The molecule has 0 spiro atoms. The zero-order valence-corrected chi connectivity index (χ0v) is 18.6. The first-order chi connectivity index (χ1) is 16.6. The Hall–Kier alpha value is -3.62. The lowest BCUT2D eigenvalue weighted by atomic mass is 9.99. The Kier molecular flexibility index (Phi) is 7.99. The minimum absolute atomic E-state index is 0.146. The number of aliphatic hydroxyl groups excluding tert-OH is 4. The van der Waals surface area contributed by atoms with Gasteiger partial charge in [-0.1, -0.05) is 0 Å². The van der Waals surface area contributed by atoms with Crippen molar-refractivity contribution in [2.75, 3.05) is 26.1 Å². The molecule has 7 N–H and O–H groups in total. The van der Waals surface area contributed by atoms with Crippen LogP contribution in [0, 0.1) is 0 Å². The van der Waals surface area contributed by atoms with E-state index in [2.05, 4.69) is 5.32 Å². The maximum absolute atomic E-state index is 13.2. The smallest absolute Gasteiger partial charge is 0.340 e. The Labute approximate surface area is 198 Å². The van der Waals surface area contributed by atoms with Gasteiger partial charge in [0.2, 0.25) is 6.29 Å². The Morgan fingerprint density at radius 3 is 2.34 bits per heavy atom. The lowest BCUT2D eigenvalue weighted by Gasteiger charge is -2.39. The molecule has 1 amide bonds. The number of benzene rings is 2. The van der Waals surface area contributed by atoms with Crippen LogP contribution in [0.3, 0.4) is 0 Å². The molecule has 1 fully saturated rings. The van der Waals surface area contributed by atoms with Crippen molar-refractivity contribution in [1.29, 1.82) is 0 Å². The van der Waals surface area contributed by atoms with Gasteiger partial charge in [0.15, 0.2) is 11.5 Å². The van der Waals surface area contributed by atoms with Crippen LogP contribution in [0.4, 0.5) is 5.69 Å². The number of ether oxygens (including phenoxy) is 4. The van der Waals surface area contributed by atoms with Crippen LogP contribution in [0.2, 0.25) is 0 Å². The fourth-order valence-corrected chi connectivity index (χ4v) is 3.45. The molecule has 2 aromatic carbocycles. The Bertz CT molecular complexity index is 1090. The number of phenolic OH excluding ortho intramolecular Hbond substituents is 2. The summed E-state index contributed by atoms with van der Waals surface area (Å²) in [5, 5.41) is 61.9. The molecule has 190 valence electrons. The Morgan fingerprint density at radius 1 is 1.00 bits per heavy atom. The van der Waals surface area contributed by atoms with Gasteiger partial charge in [0.25, 0.3) is 5.91 Å². The van der Waals surface area contributed by atoms with E-state index >= 15 is 0 Å². The summed E-state index contributed by atoms with van der Waals surface area (Å²) in [7, 11) is 2.32. The first-order valence-corrected chi connectivity index (χ1v) is 10.2. The van der Waals surface area contributed by atoms with Crippen molar-refractivity contribution < 1.29 is 59.2 Å². The molecule has 0 aliphatic carbocycles. The highest BCUT2D eigenvalue weighted by molar-refractivity contribution is 6.11. The highest BCUT2D eigenvalue weighted by Crippen LogP contribution is 2.38. The molecule has 1 saturated heterocycles. The number of rotatable bonds is 7. The van der Waals surface area contributed by atoms with Crippen LogP contribution < -0.4 is 14.8 Å². The number of carbonyl (C=O) groups excluding carboxylic acids is 2. The molecule has 13 nitrogen and oxygen atoms in total. The molecule has 1 aliphatic rings. The summed E-state index contributed by atoms with van der Waals surface area (Å²) in [6.45, 7) is -0.693. The third-order valence-corrected chi connectivity index (χ3v) is 5.28. The van der Waals surface area contributed by atoms with Gasteiger partial charge in [0.1, 0.15) is 41.6 Å². The van der Waals surface area contributed by atoms with E-state index in [-0.39, 0.29) is 39.8 Å². The third kappa shape index (κ3) is 5.23. The van der Waals surface area contributed by atoms with Crippen LogP contribution in [0.5, 0.6) is 23.0 Å². The molecular weight excluding hydrogens is 470 g/mol. The molecule has 0 saturated carbocycles. The average Bonchev–Trinajstić information content (AvgIpc) is 2.85. The van der Waals surface area contributed by atoms with Crippen molar-refractivity contribution in [2.24, 2.45) is 0 Å². The van der Waals surface area contributed by atoms with Crippen LogP contribution in [0.25, 0.3) is 0 Å². The predicted octanol–water partition coefficient (Wildman–Crippen LogP) is -0.676. The fourth-order valence-electron chi connectivity index (χ4n) is 3.45. The number of anilines is 1. The van der Waals surface area contributed by atoms with E-state index in [4.69, 9.17) is 18.9 Å². The highest BCUT2D eigenvalue weighted by atomic mass is 16.7. The Morgan fingerprint density at radius 2 is 1.71 bits per heavy atom. The van der Waals surface area contributed by atoms with Gasteiger partial charge in [-0.15, -0.1) is 0 Å². The van der Waals surface area contributed by atoms with Gasteiger partial charge >= 0.3 is 5.97 Å². The lowest BCUT2D eigenvalue weighted by molar-refractivity contribution is -0.277. The summed E-state index contributed by atoms with van der Waals surface area (Å²) < 4.78 is 20.6. The summed E-state index contributed by atoms with van der Waals surface area (Å²) in [6, 6.07) is 5.73. The van der Waals surface area contributed by atoms with Crippen molar-refractivity contribution in [3.05, 3.63) is 41.5 Å². The SMILES string of the molecule is COC(=O)c1ccc(O)c(OC)c1NC(=O)c1cc(O)ccc1OC1OC(CO)C(O)C(O)C1O. The van der Waals surface area contributed by atoms with Gasteiger partial charge in [-0.05, 0) is 30.3 Å². The number of phenols is 2. The lowest BCUT2D eigenvalue weighted by Crippen LogP contribution is -2.60. The third-order valence-electron chi connectivity index (χ3n) is 5.28. The molecule has 0 radical (unpaired) electrons. The Balaban J connectivity index is 1.96. The number of nitrogens with one attached hydrogen (secondary N) is 1. The van der Waals surface area contributed by atoms with E-state index in [0.717, 1.165) is 13.2 Å². The van der Waals surface area contributed by atoms with E-state index in [1.165, 1.54) is 31.4 Å². The zero-order valence-electron chi connectivity index (χ0n) is 18.6. The van der Waals surface area contributed by atoms with Crippen LogP contribution in [-0.2, 0) is 9.47 Å². The molecule has 0 bridgehead atoms. The second kappa shape index (κ2) is 10.8. The highest BCUT2D eigenvalue weighted by Gasteiger charge is 2.45. The van der Waals surface area contributed by atoms with E-state index in [0.29, 0.717) is 0 Å². The van der Waals surface area contributed by atoms with Crippen LogP contribution in [0.15, 0.2) is 30.3 Å².